The summed E-state index contributed by atoms with van der Waals surface area (Å²) in [4.78, 5) is 13.9. The van der Waals surface area contributed by atoms with Gasteiger partial charge >= 0.3 is 5.69 Å². The van der Waals surface area contributed by atoms with Gasteiger partial charge in [0, 0.05) is 6.54 Å². The maximum Gasteiger partial charge on any atom is 0.326 e. The third kappa shape index (κ3) is 1.25. The van der Waals surface area contributed by atoms with Crippen molar-refractivity contribution in [3.05, 3.63) is 47.2 Å². The molecule has 1 N–H and O–H groups in total. The van der Waals surface area contributed by atoms with E-state index in [1.807, 2.05) is 0 Å². The topological polar surface area (TPSA) is 37.8 Å². The van der Waals surface area contributed by atoms with E-state index in [4.69, 9.17) is 0 Å². The Labute approximate surface area is 79.5 Å². The molecule has 0 saturated heterocycles. The molecule has 0 radical (unpaired) electrons. The van der Waals surface area contributed by atoms with Crippen LogP contribution in [0.3, 0.4) is 0 Å². The van der Waals surface area contributed by atoms with E-state index in [1.165, 1.54) is 16.7 Å². The quantitative estimate of drug-likeness (QED) is 0.722. The number of imidazole rings is 1. The number of nitrogens with zero attached hydrogens (tertiary/aromatic N) is 1. The average Bonchev–Trinajstić information content (AvgIpc) is 2.43. The van der Waals surface area contributed by atoms with Gasteiger partial charge in [0.1, 0.15) is 5.82 Å². The summed E-state index contributed by atoms with van der Waals surface area (Å²) in [5, 5.41) is 0. The Bertz CT molecular complexity index is 539. The van der Waals surface area contributed by atoms with Gasteiger partial charge in [-0.3, -0.25) is 4.57 Å². The van der Waals surface area contributed by atoms with Crippen LogP contribution in [0.15, 0.2) is 35.6 Å². The van der Waals surface area contributed by atoms with Crippen molar-refractivity contribution >= 4 is 11.0 Å². The third-order valence-electron chi connectivity index (χ3n) is 2.05. The molecule has 2 aromatic rings. The van der Waals surface area contributed by atoms with Gasteiger partial charge in [-0.05, 0) is 18.2 Å². The van der Waals surface area contributed by atoms with Gasteiger partial charge in [-0.2, -0.15) is 0 Å². The van der Waals surface area contributed by atoms with E-state index in [9.17, 15) is 9.18 Å². The van der Waals surface area contributed by atoms with Gasteiger partial charge in [0.2, 0.25) is 0 Å². The molecule has 2 rings (SSSR count). The van der Waals surface area contributed by atoms with Crippen LogP contribution in [0, 0.1) is 5.82 Å². The summed E-state index contributed by atoms with van der Waals surface area (Å²) in [6.07, 6.45) is 1.62. The van der Waals surface area contributed by atoms with Crippen LogP contribution < -0.4 is 5.69 Å². The number of fused-ring (bicyclic) bond motifs is 1. The number of aromatic nitrogens is 2. The van der Waals surface area contributed by atoms with E-state index < -0.39 is 0 Å². The van der Waals surface area contributed by atoms with Gasteiger partial charge in [-0.1, -0.05) is 6.08 Å². The third-order valence-corrected chi connectivity index (χ3v) is 2.05. The second-order valence-corrected chi connectivity index (χ2v) is 2.99. The molecule has 0 amide bonds. The highest BCUT2D eigenvalue weighted by Crippen LogP contribution is 2.11. The Kier molecular flexibility index (Phi) is 1.96. The molecule has 0 atom stereocenters. The zero-order chi connectivity index (χ0) is 10.1. The highest BCUT2D eigenvalue weighted by molar-refractivity contribution is 5.75. The van der Waals surface area contributed by atoms with Crippen LogP contribution in [-0.2, 0) is 6.54 Å². The molecule has 1 aromatic carbocycles. The number of hydrogen-bond donors (Lipinski definition) is 1. The van der Waals surface area contributed by atoms with Crippen molar-refractivity contribution in [2.75, 3.05) is 0 Å². The molecule has 0 bridgehead atoms. The van der Waals surface area contributed by atoms with E-state index in [1.54, 1.807) is 12.1 Å². The van der Waals surface area contributed by atoms with Gasteiger partial charge in [-0.25, -0.2) is 9.18 Å². The molecule has 72 valence electrons. The molecule has 14 heavy (non-hydrogen) atoms. The monoisotopic (exact) mass is 192 g/mol. The molecule has 0 aliphatic heterocycles. The van der Waals surface area contributed by atoms with Crippen molar-refractivity contribution < 1.29 is 4.39 Å². The Morgan fingerprint density at radius 2 is 2.36 bits per heavy atom. The fourth-order valence-corrected chi connectivity index (χ4v) is 1.45. The zero-order valence-corrected chi connectivity index (χ0v) is 7.46. The smallest absolute Gasteiger partial charge is 0.305 e. The first kappa shape index (κ1) is 8.74. The van der Waals surface area contributed by atoms with Gasteiger partial charge in [0.05, 0.1) is 11.0 Å². The number of aromatic amines is 1. The molecule has 3 nitrogen and oxygen atoms in total. The number of H-pyrrole nitrogens is 1. The number of halogens is 1. The second-order valence-electron chi connectivity index (χ2n) is 2.99. The van der Waals surface area contributed by atoms with Crippen molar-refractivity contribution in [2.24, 2.45) is 0 Å². The van der Waals surface area contributed by atoms with Crippen molar-refractivity contribution in [3.63, 3.8) is 0 Å². The lowest BCUT2D eigenvalue weighted by Gasteiger charge is -1.97. The number of nitrogens with one attached hydrogen (secondary N) is 1. The number of allylic oxidation sites excluding steroid dienone is 1. The molecule has 4 heteroatoms. The summed E-state index contributed by atoms with van der Waals surface area (Å²) in [7, 11) is 0. The molecule has 1 aromatic heterocycles. The van der Waals surface area contributed by atoms with Crippen LogP contribution in [0.25, 0.3) is 11.0 Å². The highest BCUT2D eigenvalue weighted by Gasteiger charge is 2.05. The number of rotatable bonds is 2. The minimum absolute atomic E-state index is 0.245. The zero-order valence-electron chi connectivity index (χ0n) is 7.46. The first-order valence-corrected chi connectivity index (χ1v) is 4.21. The van der Waals surface area contributed by atoms with Crippen LogP contribution >= 0.6 is 0 Å². The summed E-state index contributed by atoms with van der Waals surface area (Å²) in [5.74, 6) is -0.357. The summed E-state index contributed by atoms with van der Waals surface area (Å²) in [5.41, 5.74) is 0.957. The average molecular weight is 192 g/mol. The molecule has 1 heterocycles. The molecular formula is C10H9FN2O. The van der Waals surface area contributed by atoms with Crippen molar-refractivity contribution in [3.8, 4) is 0 Å². The number of hydrogen-bond acceptors (Lipinski definition) is 1. The summed E-state index contributed by atoms with van der Waals surface area (Å²) in [6, 6.07) is 4.21. The largest absolute Gasteiger partial charge is 0.326 e. The Morgan fingerprint density at radius 3 is 3.07 bits per heavy atom. The highest BCUT2D eigenvalue weighted by atomic mass is 19.1. The standard InChI is InChI=1S/C10H9FN2O/c1-2-5-13-9-4-3-7(11)6-8(9)12-10(13)14/h2-4,6H,1,5H2,(H,12,14). The molecule has 0 spiro atoms. The van der Waals surface area contributed by atoms with E-state index in [0.717, 1.165) is 0 Å². The van der Waals surface area contributed by atoms with Gasteiger partial charge in [0.15, 0.2) is 0 Å². The van der Waals surface area contributed by atoms with Crippen LogP contribution in [0.1, 0.15) is 0 Å². The Hall–Kier alpha value is -1.84. The van der Waals surface area contributed by atoms with E-state index in [2.05, 4.69) is 11.6 Å². The summed E-state index contributed by atoms with van der Waals surface area (Å²) >= 11 is 0. The Balaban J connectivity index is 2.76. The predicted molar refractivity (Wildman–Crippen MR) is 52.7 cm³/mol. The van der Waals surface area contributed by atoms with E-state index >= 15 is 0 Å². The normalized spacial score (nSPS) is 10.6. The lowest BCUT2D eigenvalue weighted by Crippen LogP contribution is -2.15. The fraction of sp³-hybridized carbons (Fsp3) is 0.100. The molecule has 0 unspecified atom stereocenters. The van der Waals surface area contributed by atoms with Crippen LogP contribution in [0.4, 0.5) is 4.39 Å². The van der Waals surface area contributed by atoms with Crippen molar-refractivity contribution in [1.82, 2.24) is 9.55 Å². The lowest BCUT2D eigenvalue weighted by atomic mass is 10.3. The first-order valence-electron chi connectivity index (χ1n) is 4.21. The SMILES string of the molecule is C=CCn1c(=O)[nH]c2cc(F)ccc21. The maximum atomic E-state index is 12.8. The minimum Gasteiger partial charge on any atom is -0.305 e. The number of benzene rings is 1. The lowest BCUT2D eigenvalue weighted by molar-refractivity contribution is 0.629. The van der Waals surface area contributed by atoms with Gasteiger partial charge < -0.3 is 4.98 Å². The predicted octanol–water partition coefficient (Wildman–Crippen LogP) is 1.65. The molecule has 0 aliphatic rings. The molecule has 0 aliphatic carbocycles. The van der Waals surface area contributed by atoms with Crippen LogP contribution in [-0.4, -0.2) is 9.55 Å². The van der Waals surface area contributed by atoms with Gasteiger partial charge in [-0.15, -0.1) is 6.58 Å². The molecule has 0 fully saturated rings. The summed E-state index contributed by atoms with van der Waals surface area (Å²) < 4.78 is 14.3. The molecule has 0 saturated carbocycles. The first-order chi connectivity index (χ1) is 6.72. The summed E-state index contributed by atoms with van der Waals surface area (Å²) in [6.45, 7) is 3.97. The minimum atomic E-state index is -0.357. The Morgan fingerprint density at radius 1 is 1.57 bits per heavy atom. The van der Waals surface area contributed by atoms with E-state index in [0.29, 0.717) is 17.6 Å². The molecular weight excluding hydrogens is 183 g/mol. The van der Waals surface area contributed by atoms with Crippen LogP contribution in [0.5, 0.6) is 0 Å². The van der Waals surface area contributed by atoms with Crippen molar-refractivity contribution in [1.29, 1.82) is 0 Å². The maximum absolute atomic E-state index is 12.8. The van der Waals surface area contributed by atoms with Crippen LogP contribution in [0.2, 0.25) is 0 Å². The van der Waals surface area contributed by atoms with Gasteiger partial charge in [0.25, 0.3) is 0 Å². The second kappa shape index (κ2) is 3.14. The fourth-order valence-electron chi connectivity index (χ4n) is 1.45. The van der Waals surface area contributed by atoms with Crippen molar-refractivity contribution in [2.45, 2.75) is 6.54 Å². The van der Waals surface area contributed by atoms with E-state index in [-0.39, 0.29) is 11.5 Å².